The fraction of sp³-hybridized carbons (Fsp3) is 0.636. The summed E-state index contributed by atoms with van der Waals surface area (Å²) in [5.74, 6) is 0.499. The van der Waals surface area contributed by atoms with E-state index in [9.17, 15) is 9.18 Å². The molecule has 10 heteroatoms. The van der Waals surface area contributed by atoms with Crippen LogP contribution >= 0.6 is 24.0 Å². The van der Waals surface area contributed by atoms with E-state index in [1.807, 2.05) is 19.1 Å². The van der Waals surface area contributed by atoms with E-state index in [1.165, 1.54) is 12.1 Å². The van der Waals surface area contributed by atoms with Gasteiger partial charge in [-0.05, 0) is 37.5 Å². The maximum absolute atomic E-state index is 13.4. The molecule has 32 heavy (non-hydrogen) atoms. The van der Waals surface area contributed by atoms with Gasteiger partial charge in [0.25, 0.3) is 0 Å². The van der Waals surface area contributed by atoms with E-state index in [1.54, 1.807) is 11.9 Å². The molecule has 0 saturated carbocycles. The van der Waals surface area contributed by atoms with Gasteiger partial charge < -0.3 is 25.0 Å². The van der Waals surface area contributed by atoms with Crippen molar-refractivity contribution in [2.45, 2.75) is 31.8 Å². The van der Waals surface area contributed by atoms with Crippen molar-refractivity contribution in [3.63, 3.8) is 0 Å². The molecule has 1 aromatic rings. The van der Waals surface area contributed by atoms with Crippen molar-refractivity contribution in [1.82, 2.24) is 20.4 Å². The molecule has 3 rings (SSSR count). The van der Waals surface area contributed by atoms with Crippen LogP contribution in [0.25, 0.3) is 0 Å². The van der Waals surface area contributed by atoms with Crippen molar-refractivity contribution >= 4 is 36.0 Å². The molecule has 1 amide bonds. The van der Waals surface area contributed by atoms with Crippen LogP contribution in [-0.2, 0) is 9.47 Å². The summed E-state index contributed by atoms with van der Waals surface area (Å²) in [4.78, 5) is 20.4. The largest absolute Gasteiger partial charge is 0.450 e. The second kappa shape index (κ2) is 13.8. The first kappa shape index (κ1) is 26.6. The molecule has 1 aromatic carbocycles. The number of carbonyl (C=O) groups is 1. The third-order valence-corrected chi connectivity index (χ3v) is 5.79. The molecule has 0 radical (unpaired) electrons. The van der Waals surface area contributed by atoms with Gasteiger partial charge >= 0.3 is 6.09 Å². The first-order valence-corrected chi connectivity index (χ1v) is 11.1. The molecule has 2 heterocycles. The highest BCUT2D eigenvalue weighted by Crippen LogP contribution is 2.22. The minimum Gasteiger partial charge on any atom is -0.450 e. The van der Waals surface area contributed by atoms with E-state index in [2.05, 4.69) is 20.5 Å². The van der Waals surface area contributed by atoms with Crippen molar-refractivity contribution in [1.29, 1.82) is 0 Å². The molecule has 2 saturated heterocycles. The third-order valence-electron chi connectivity index (χ3n) is 5.79. The molecule has 1 atom stereocenters. The summed E-state index contributed by atoms with van der Waals surface area (Å²) in [6.45, 7) is 7.26. The zero-order valence-electron chi connectivity index (χ0n) is 18.9. The first-order valence-electron chi connectivity index (χ1n) is 11.1. The van der Waals surface area contributed by atoms with Crippen LogP contribution < -0.4 is 10.6 Å². The zero-order chi connectivity index (χ0) is 22.1. The average molecular weight is 563 g/mol. The normalized spacial score (nSPS) is 19.1. The number of piperidine rings is 1. The van der Waals surface area contributed by atoms with E-state index in [0.717, 1.165) is 37.5 Å². The Labute approximate surface area is 206 Å². The molecule has 180 valence electrons. The van der Waals surface area contributed by atoms with Crippen molar-refractivity contribution in [2.24, 2.45) is 4.99 Å². The molecule has 2 fully saturated rings. The predicted octanol–water partition coefficient (Wildman–Crippen LogP) is 2.60. The second-order valence-corrected chi connectivity index (χ2v) is 7.77. The van der Waals surface area contributed by atoms with Gasteiger partial charge in [0.15, 0.2) is 5.96 Å². The Balaban J connectivity index is 0.00000363. The van der Waals surface area contributed by atoms with Gasteiger partial charge in [0.1, 0.15) is 5.82 Å². The number of nitrogens with zero attached hydrogens (tertiary/aromatic N) is 3. The predicted molar refractivity (Wildman–Crippen MR) is 133 cm³/mol. The molecule has 8 nitrogen and oxygen atoms in total. The smallest absolute Gasteiger partial charge is 0.409 e. The molecule has 0 aliphatic carbocycles. The van der Waals surface area contributed by atoms with E-state index >= 15 is 0 Å². The lowest BCUT2D eigenvalue weighted by Crippen LogP contribution is -2.51. The van der Waals surface area contributed by atoms with Gasteiger partial charge in [-0.25, -0.2) is 9.18 Å². The minimum absolute atomic E-state index is 0. The summed E-state index contributed by atoms with van der Waals surface area (Å²) in [5, 5.41) is 6.91. The SMILES string of the molecule is CCOC(=O)N1CCC(NC(=NC)NCC(c2ccc(F)cc2)N2CCOCC2)CC1.I. The van der Waals surface area contributed by atoms with Gasteiger partial charge in [0.05, 0.1) is 25.9 Å². The number of halogens is 2. The van der Waals surface area contributed by atoms with Crippen LogP contribution in [0.15, 0.2) is 29.3 Å². The van der Waals surface area contributed by atoms with Crippen LogP contribution in [0.5, 0.6) is 0 Å². The zero-order valence-corrected chi connectivity index (χ0v) is 21.2. The Morgan fingerprint density at radius 3 is 2.47 bits per heavy atom. The first-order chi connectivity index (χ1) is 15.1. The Morgan fingerprint density at radius 2 is 1.88 bits per heavy atom. The standard InChI is InChI=1S/C22H34FN5O3.HI/c1-3-31-22(29)28-10-8-19(9-11-28)26-21(24-2)25-16-20(27-12-14-30-15-13-27)17-4-6-18(23)7-5-17;/h4-7,19-20H,3,8-16H2,1-2H3,(H2,24,25,26);1H. The topological polar surface area (TPSA) is 78.4 Å². The van der Waals surface area contributed by atoms with Crippen molar-refractivity contribution < 1.29 is 18.7 Å². The van der Waals surface area contributed by atoms with Crippen molar-refractivity contribution in [3.8, 4) is 0 Å². The van der Waals surface area contributed by atoms with E-state index in [-0.39, 0.29) is 48.0 Å². The monoisotopic (exact) mass is 563 g/mol. The summed E-state index contributed by atoms with van der Waals surface area (Å²) in [5.41, 5.74) is 1.06. The molecule has 0 spiro atoms. The number of nitrogens with one attached hydrogen (secondary N) is 2. The van der Waals surface area contributed by atoms with Gasteiger partial charge in [0, 0.05) is 45.8 Å². The number of amides is 1. The molecule has 1 unspecified atom stereocenters. The molecule has 2 aliphatic rings. The van der Waals surface area contributed by atoms with Gasteiger partial charge in [-0.3, -0.25) is 9.89 Å². The van der Waals surface area contributed by atoms with E-state index in [0.29, 0.717) is 39.5 Å². The van der Waals surface area contributed by atoms with Crippen LogP contribution in [0.1, 0.15) is 31.4 Å². The van der Waals surface area contributed by atoms with Gasteiger partial charge in [-0.2, -0.15) is 0 Å². The quantitative estimate of drug-likeness (QED) is 0.315. The van der Waals surface area contributed by atoms with Gasteiger partial charge in [-0.1, -0.05) is 12.1 Å². The highest BCUT2D eigenvalue weighted by molar-refractivity contribution is 14.0. The van der Waals surface area contributed by atoms with Gasteiger partial charge in [0.2, 0.25) is 0 Å². The number of hydrogen-bond acceptors (Lipinski definition) is 5. The lowest BCUT2D eigenvalue weighted by Gasteiger charge is -2.36. The van der Waals surface area contributed by atoms with E-state index in [4.69, 9.17) is 9.47 Å². The van der Waals surface area contributed by atoms with Crippen LogP contribution in [-0.4, -0.2) is 87.5 Å². The second-order valence-electron chi connectivity index (χ2n) is 7.77. The Kier molecular flexibility index (Phi) is 11.5. The minimum atomic E-state index is -0.240. The molecule has 2 N–H and O–H groups in total. The number of benzene rings is 1. The average Bonchev–Trinajstić information content (AvgIpc) is 2.81. The number of rotatable bonds is 6. The van der Waals surface area contributed by atoms with Crippen LogP contribution in [0, 0.1) is 5.82 Å². The molecule has 0 aromatic heterocycles. The van der Waals surface area contributed by atoms with Crippen LogP contribution in [0.3, 0.4) is 0 Å². The summed E-state index contributed by atoms with van der Waals surface area (Å²) < 4.78 is 24.0. The summed E-state index contributed by atoms with van der Waals surface area (Å²) in [6.07, 6.45) is 1.44. The highest BCUT2D eigenvalue weighted by atomic mass is 127. The molecule has 0 bridgehead atoms. The number of aliphatic imine (C=N–C) groups is 1. The van der Waals surface area contributed by atoms with Crippen molar-refractivity contribution in [3.05, 3.63) is 35.6 Å². The summed E-state index contributed by atoms with van der Waals surface area (Å²) in [6, 6.07) is 7.04. The number of likely N-dealkylation sites (tertiary alicyclic amines) is 1. The number of guanidine groups is 1. The maximum Gasteiger partial charge on any atom is 0.409 e. The van der Waals surface area contributed by atoms with E-state index < -0.39 is 0 Å². The summed E-state index contributed by atoms with van der Waals surface area (Å²) in [7, 11) is 1.75. The number of morpholine rings is 1. The lowest BCUT2D eigenvalue weighted by atomic mass is 10.0. The Morgan fingerprint density at radius 1 is 1.22 bits per heavy atom. The Bertz CT molecular complexity index is 723. The fourth-order valence-corrected chi connectivity index (χ4v) is 4.03. The number of hydrogen-bond donors (Lipinski definition) is 2. The summed E-state index contributed by atoms with van der Waals surface area (Å²) >= 11 is 0. The van der Waals surface area contributed by atoms with Crippen molar-refractivity contribution in [2.75, 3.05) is 59.6 Å². The molecular weight excluding hydrogens is 528 g/mol. The lowest BCUT2D eigenvalue weighted by molar-refractivity contribution is 0.0169. The molecular formula is C22H35FIN5O3. The number of carbonyl (C=O) groups excluding carboxylic acids is 1. The Hall–Kier alpha value is -1.66. The third kappa shape index (κ3) is 7.73. The highest BCUT2D eigenvalue weighted by Gasteiger charge is 2.26. The maximum atomic E-state index is 13.4. The number of ether oxygens (including phenoxy) is 2. The molecule has 2 aliphatic heterocycles. The van der Waals surface area contributed by atoms with Gasteiger partial charge in [-0.15, -0.1) is 24.0 Å². The fourth-order valence-electron chi connectivity index (χ4n) is 4.03. The van der Waals surface area contributed by atoms with Crippen LogP contribution in [0.4, 0.5) is 9.18 Å². The van der Waals surface area contributed by atoms with Crippen LogP contribution in [0.2, 0.25) is 0 Å².